The number of methoxy groups -OCH3 is 1. The molecular formula is C16H26O2. The summed E-state index contributed by atoms with van der Waals surface area (Å²) in [7, 11) is 1.75. The largest absolute Gasteiger partial charge is 0.381 e. The minimum absolute atomic E-state index is 0.280. The lowest BCUT2D eigenvalue weighted by molar-refractivity contribution is -0.107. The molecule has 0 saturated carbocycles. The molecule has 0 saturated heterocycles. The van der Waals surface area contributed by atoms with Crippen LogP contribution in [0, 0.1) is 0 Å². The first-order chi connectivity index (χ1) is 8.74. The molecule has 0 rings (SSSR count). The Morgan fingerprint density at radius 2 is 2.17 bits per heavy atom. The van der Waals surface area contributed by atoms with E-state index in [1.54, 1.807) is 7.11 Å². The lowest BCUT2D eigenvalue weighted by Crippen LogP contribution is -2.08. The molecule has 1 atom stereocenters. The van der Waals surface area contributed by atoms with Gasteiger partial charge >= 0.3 is 0 Å². The number of rotatable bonds is 11. The van der Waals surface area contributed by atoms with Crippen LogP contribution in [0.1, 0.15) is 45.4 Å². The van der Waals surface area contributed by atoms with E-state index in [0.29, 0.717) is 6.42 Å². The Kier molecular flexibility index (Phi) is 11.5. The Bertz CT molecular complexity index is 277. The van der Waals surface area contributed by atoms with E-state index in [1.807, 2.05) is 6.08 Å². The minimum atomic E-state index is 0.280. The third-order valence-electron chi connectivity index (χ3n) is 2.83. The zero-order valence-corrected chi connectivity index (χ0v) is 11.7. The van der Waals surface area contributed by atoms with Crippen LogP contribution in [0.25, 0.3) is 0 Å². The van der Waals surface area contributed by atoms with Crippen molar-refractivity contribution in [2.24, 2.45) is 0 Å². The van der Waals surface area contributed by atoms with E-state index >= 15 is 0 Å². The molecule has 0 spiro atoms. The summed E-state index contributed by atoms with van der Waals surface area (Å²) < 4.78 is 5.36. The van der Waals surface area contributed by atoms with Crippen molar-refractivity contribution in [1.82, 2.24) is 0 Å². The van der Waals surface area contributed by atoms with Crippen LogP contribution in [0.5, 0.6) is 0 Å². The summed E-state index contributed by atoms with van der Waals surface area (Å²) in [5.41, 5.74) is 1.35. The second-order valence-electron chi connectivity index (χ2n) is 4.46. The van der Waals surface area contributed by atoms with Crippen molar-refractivity contribution in [3.63, 3.8) is 0 Å². The fourth-order valence-corrected chi connectivity index (χ4v) is 1.64. The maximum absolute atomic E-state index is 10.1. The van der Waals surface area contributed by atoms with Gasteiger partial charge in [0.15, 0.2) is 0 Å². The normalized spacial score (nSPS) is 13.8. The molecule has 0 aromatic carbocycles. The zero-order chi connectivity index (χ0) is 13.6. The quantitative estimate of drug-likeness (QED) is 0.237. The molecule has 0 aliphatic carbocycles. The second-order valence-corrected chi connectivity index (χ2v) is 4.46. The smallest absolute Gasteiger partial charge is 0.120 e. The number of carbonyl (C=O) groups is 1. The van der Waals surface area contributed by atoms with Gasteiger partial charge < -0.3 is 9.53 Å². The lowest BCUT2D eigenvalue weighted by atomic mass is 10.1. The van der Waals surface area contributed by atoms with Crippen molar-refractivity contribution in [2.75, 3.05) is 7.11 Å². The van der Waals surface area contributed by atoms with Crippen molar-refractivity contribution in [3.05, 3.63) is 36.5 Å². The minimum Gasteiger partial charge on any atom is -0.381 e. The van der Waals surface area contributed by atoms with Crippen LogP contribution in [0.2, 0.25) is 0 Å². The van der Waals surface area contributed by atoms with E-state index < -0.39 is 0 Å². The van der Waals surface area contributed by atoms with Gasteiger partial charge in [-0.2, -0.15) is 0 Å². The van der Waals surface area contributed by atoms with Crippen molar-refractivity contribution >= 4 is 6.29 Å². The first-order valence-corrected chi connectivity index (χ1v) is 6.64. The van der Waals surface area contributed by atoms with E-state index in [-0.39, 0.29) is 6.10 Å². The van der Waals surface area contributed by atoms with Gasteiger partial charge in [0.05, 0.1) is 6.10 Å². The summed E-state index contributed by atoms with van der Waals surface area (Å²) in [6, 6.07) is 0. The molecule has 0 radical (unpaired) electrons. The molecule has 0 aliphatic heterocycles. The molecule has 0 aromatic rings. The molecule has 2 nitrogen and oxygen atoms in total. The van der Waals surface area contributed by atoms with Gasteiger partial charge in [0, 0.05) is 13.5 Å². The highest BCUT2D eigenvalue weighted by Gasteiger charge is 2.04. The highest BCUT2D eigenvalue weighted by Crippen LogP contribution is 2.12. The number of aldehydes is 1. The van der Waals surface area contributed by atoms with Crippen molar-refractivity contribution in [3.8, 4) is 0 Å². The van der Waals surface area contributed by atoms with Crippen LogP contribution in [-0.4, -0.2) is 19.5 Å². The number of ether oxygens (including phenoxy) is 1. The van der Waals surface area contributed by atoms with Crippen LogP contribution >= 0.6 is 0 Å². The van der Waals surface area contributed by atoms with Gasteiger partial charge in [0.25, 0.3) is 0 Å². The van der Waals surface area contributed by atoms with E-state index in [1.165, 1.54) is 5.57 Å². The van der Waals surface area contributed by atoms with Crippen LogP contribution < -0.4 is 0 Å². The summed E-state index contributed by atoms with van der Waals surface area (Å²) in [4.78, 5) is 10.1. The maximum atomic E-state index is 10.1. The standard InChI is InChI=1S/C16H26O2/c1-4-10-16(18-3)13-12-15(2)11-8-6-5-7-9-14-17/h4,6,8,11,14,16H,1,5,7,9-10,12-13H2,2-3H3/b8-6+,15-11+/t16-/m0/s1. The lowest BCUT2D eigenvalue weighted by Gasteiger charge is -2.12. The zero-order valence-electron chi connectivity index (χ0n) is 11.7. The molecule has 0 bridgehead atoms. The molecule has 2 heteroatoms. The van der Waals surface area contributed by atoms with Gasteiger partial charge in [-0.3, -0.25) is 0 Å². The van der Waals surface area contributed by atoms with Gasteiger partial charge in [0.2, 0.25) is 0 Å². The average Bonchev–Trinajstić information content (AvgIpc) is 2.38. The summed E-state index contributed by atoms with van der Waals surface area (Å²) in [5, 5.41) is 0. The molecular weight excluding hydrogens is 224 g/mol. The first kappa shape index (κ1) is 16.9. The van der Waals surface area contributed by atoms with Crippen LogP contribution in [0.15, 0.2) is 36.5 Å². The Hall–Kier alpha value is -1.15. The van der Waals surface area contributed by atoms with Crippen molar-refractivity contribution in [2.45, 2.75) is 51.6 Å². The van der Waals surface area contributed by atoms with Gasteiger partial charge in [-0.25, -0.2) is 0 Å². The molecule has 18 heavy (non-hydrogen) atoms. The highest BCUT2D eigenvalue weighted by molar-refractivity contribution is 5.49. The Morgan fingerprint density at radius 1 is 1.39 bits per heavy atom. The van der Waals surface area contributed by atoms with E-state index in [4.69, 9.17) is 4.74 Å². The Labute approximate surface area is 111 Å². The Morgan fingerprint density at radius 3 is 2.78 bits per heavy atom. The predicted molar refractivity (Wildman–Crippen MR) is 77.7 cm³/mol. The summed E-state index contributed by atoms with van der Waals surface area (Å²) in [5.74, 6) is 0. The van der Waals surface area contributed by atoms with Gasteiger partial charge in [-0.15, -0.1) is 6.58 Å². The maximum Gasteiger partial charge on any atom is 0.120 e. The number of hydrogen-bond donors (Lipinski definition) is 0. The van der Waals surface area contributed by atoms with Gasteiger partial charge in [-0.05, 0) is 39.0 Å². The molecule has 0 aromatic heterocycles. The van der Waals surface area contributed by atoms with Crippen molar-refractivity contribution in [1.29, 1.82) is 0 Å². The monoisotopic (exact) mass is 250 g/mol. The molecule has 0 amide bonds. The molecule has 102 valence electrons. The van der Waals surface area contributed by atoms with Crippen LogP contribution in [-0.2, 0) is 9.53 Å². The predicted octanol–water partition coefficient (Wildman–Crippen LogP) is 4.23. The topological polar surface area (TPSA) is 26.3 Å². The molecule has 0 N–H and O–H groups in total. The Balaban J connectivity index is 3.81. The third kappa shape index (κ3) is 10.0. The molecule has 0 fully saturated rings. The third-order valence-corrected chi connectivity index (χ3v) is 2.83. The number of unbranched alkanes of at least 4 members (excludes halogenated alkanes) is 2. The van der Waals surface area contributed by atoms with Crippen LogP contribution in [0.4, 0.5) is 0 Å². The van der Waals surface area contributed by atoms with Crippen LogP contribution in [0.3, 0.4) is 0 Å². The van der Waals surface area contributed by atoms with Gasteiger partial charge in [0.1, 0.15) is 6.29 Å². The molecule has 0 aliphatic rings. The molecule has 0 heterocycles. The first-order valence-electron chi connectivity index (χ1n) is 6.64. The van der Waals surface area contributed by atoms with Gasteiger partial charge in [-0.1, -0.05) is 29.9 Å². The highest BCUT2D eigenvalue weighted by atomic mass is 16.5. The van der Waals surface area contributed by atoms with E-state index in [0.717, 1.165) is 38.4 Å². The number of allylic oxidation sites excluding steroid dienone is 4. The SMILES string of the molecule is C=CC[C@@H](CC/C(C)=C/C=C/CCCC=O)OC. The fraction of sp³-hybridized carbons (Fsp3) is 0.562. The fourth-order valence-electron chi connectivity index (χ4n) is 1.64. The summed E-state index contributed by atoms with van der Waals surface area (Å²) in [6.45, 7) is 5.87. The average molecular weight is 250 g/mol. The summed E-state index contributed by atoms with van der Waals surface area (Å²) >= 11 is 0. The summed E-state index contributed by atoms with van der Waals surface area (Å²) in [6.07, 6.45) is 15.0. The molecule has 0 unspecified atom stereocenters. The van der Waals surface area contributed by atoms with E-state index in [9.17, 15) is 4.79 Å². The number of hydrogen-bond acceptors (Lipinski definition) is 2. The second kappa shape index (κ2) is 12.3. The number of carbonyl (C=O) groups excluding carboxylic acids is 1. The van der Waals surface area contributed by atoms with E-state index in [2.05, 4.69) is 31.7 Å². The van der Waals surface area contributed by atoms with Crippen molar-refractivity contribution < 1.29 is 9.53 Å².